The molecule has 2 rings (SSSR count). The molecule has 0 spiro atoms. The van der Waals surface area contributed by atoms with E-state index in [0.29, 0.717) is 11.3 Å². The van der Waals surface area contributed by atoms with Crippen LogP contribution in [-0.2, 0) is 21.3 Å². The molecule has 0 unspecified atom stereocenters. The summed E-state index contributed by atoms with van der Waals surface area (Å²) < 4.78 is 12.0. The van der Waals surface area contributed by atoms with Crippen molar-refractivity contribution in [3.05, 3.63) is 40.7 Å². The summed E-state index contributed by atoms with van der Waals surface area (Å²) in [4.78, 5) is 12.2. The molecule has 1 aromatic rings. The molecule has 0 saturated heterocycles. The van der Waals surface area contributed by atoms with Gasteiger partial charge in [0.25, 0.3) is 0 Å². The molecule has 1 atom stereocenters. The Kier molecular flexibility index (Phi) is 3.98. The number of aromatic nitrogens is 2. The summed E-state index contributed by atoms with van der Waals surface area (Å²) in [6.07, 6.45) is 3.32. The first-order valence-corrected chi connectivity index (χ1v) is 6.43. The van der Waals surface area contributed by atoms with Crippen molar-refractivity contribution in [2.75, 3.05) is 6.61 Å². The molecular weight excluding hydrogens is 272 g/mol. The number of carbonyl (C=O) groups is 1. The van der Waals surface area contributed by atoms with Gasteiger partial charge in [-0.1, -0.05) is 0 Å². The number of carbonyl (C=O) groups excluding carboxylic acids is 1. The smallest absolute Gasteiger partial charge is 0.338 e. The van der Waals surface area contributed by atoms with Crippen LogP contribution >= 0.6 is 0 Å². The molecular formula is C14H16N4O3. The second-order valence-corrected chi connectivity index (χ2v) is 4.56. The van der Waals surface area contributed by atoms with Crippen LogP contribution in [0.5, 0.6) is 0 Å². The number of nitrogens with two attached hydrogens (primary N) is 1. The summed E-state index contributed by atoms with van der Waals surface area (Å²) in [6, 6.07) is 2.01. The summed E-state index contributed by atoms with van der Waals surface area (Å²) >= 11 is 0. The van der Waals surface area contributed by atoms with Gasteiger partial charge >= 0.3 is 5.97 Å². The monoisotopic (exact) mass is 288 g/mol. The molecule has 0 bridgehead atoms. The maximum atomic E-state index is 12.2. The molecule has 110 valence electrons. The van der Waals surface area contributed by atoms with Gasteiger partial charge < -0.3 is 15.2 Å². The fourth-order valence-electron chi connectivity index (χ4n) is 2.28. The molecule has 2 N–H and O–H groups in total. The van der Waals surface area contributed by atoms with Gasteiger partial charge in [0.1, 0.15) is 17.4 Å². The van der Waals surface area contributed by atoms with Gasteiger partial charge in [0.2, 0.25) is 5.88 Å². The average Bonchev–Trinajstić information content (AvgIpc) is 2.84. The molecule has 21 heavy (non-hydrogen) atoms. The van der Waals surface area contributed by atoms with E-state index in [-0.39, 0.29) is 23.6 Å². The highest BCUT2D eigenvalue weighted by molar-refractivity contribution is 5.92. The molecule has 1 aliphatic heterocycles. The number of aryl methyl sites for hydroxylation is 1. The molecule has 1 aromatic heterocycles. The first-order valence-electron chi connectivity index (χ1n) is 6.43. The minimum Gasteiger partial charge on any atom is -0.463 e. The minimum atomic E-state index is -0.628. The van der Waals surface area contributed by atoms with Crippen LogP contribution in [0.15, 0.2) is 35.2 Å². The van der Waals surface area contributed by atoms with E-state index in [1.807, 2.05) is 6.07 Å². The maximum absolute atomic E-state index is 12.2. The van der Waals surface area contributed by atoms with E-state index in [1.165, 1.54) is 0 Å². The Labute approximate surface area is 122 Å². The number of rotatable bonds is 3. The molecule has 7 nitrogen and oxygen atoms in total. The third-order valence-corrected chi connectivity index (χ3v) is 3.16. The van der Waals surface area contributed by atoms with Gasteiger partial charge in [-0.05, 0) is 13.8 Å². The lowest BCUT2D eigenvalue weighted by Crippen LogP contribution is -2.25. The van der Waals surface area contributed by atoms with Gasteiger partial charge in [0.05, 0.1) is 24.3 Å². The zero-order chi connectivity index (χ0) is 15.6. The highest BCUT2D eigenvalue weighted by atomic mass is 16.5. The Morgan fingerprint density at radius 1 is 1.67 bits per heavy atom. The summed E-state index contributed by atoms with van der Waals surface area (Å²) in [7, 11) is 1.75. The van der Waals surface area contributed by atoms with Crippen molar-refractivity contribution in [1.82, 2.24) is 9.78 Å². The normalized spacial score (nSPS) is 18.3. The standard InChI is InChI=1S/C14H16N4O3/c1-4-20-14(19)11-8(2)21-13(16)10(5-15)12(11)9-6-17-18(3)7-9/h6-7,12H,4,16H2,1-3H3/t12-/m0/s1. The van der Waals surface area contributed by atoms with Gasteiger partial charge in [-0.15, -0.1) is 0 Å². The topological polar surface area (TPSA) is 103 Å². The van der Waals surface area contributed by atoms with E-state index >= 15 is 0 Å². The van der Waals surface area contributed by atoms with Crippen molar-refractivity contribution in [2.45, 2.75) is 19.8 Å². The second kappa shape index (κ2) is 5.71. The SMILES string of the molecule is CCOC(=O)C1=C(C)OC(N)=C(C#N)[C@@H]1c1cnn(C)c1. The summed E-state index contributed by atoms with van der Waals surface area (Å²) in [5.41, 5.74) is 6.91. The lowest BCUT2D eigenvalue weighted by molar-refractivity contribution is -0.139. The predicted octanol–water partition coefficient (Wildman–Crippen LogP) is 1.06. The number of ether oxygens (including phenoxy) is 2. The Morgan fingerprint density at radius 3 is 2.90 bits per heavy atom. The number of allylic oxidation sites excluding steroid dienone is 2. The van der Waals surface area contributed by atoms with Crippen molar-refractivity contribution in [1.29, 1.82) is 5.26 Å². The van der Waals surface area contributed by atoms with Gasteiger partial charge in [-0.3, -0.25) is 4.68 Å². The number of nitriles is 1. The van der Waals surface area contributed by atoms with Gasteiger partial charge in [0, 0.05) is 18.8 Å². The first-order chi connectivity index (χ1) is 9.99. The number of hydrogen-bond donors (Lipinski definition) is 1. The van der Waals surface area contributed by atoms with Crippen LogP contribution in [0.4, 0.5) is 0 Å². The molecule has 0 radical (unpaired) electrons. The summed E-state index contributed by atoms with van der Waals surface area (Å²) in [5.74, 6) is -0.823. The van der Waals surface area contributed by atoms with E-state index in [0.717, 1.165) is 0 Å². The molecule has 0 aromatic carbocycles. The van der Waals surface area contributed by atoms with E-state index in [4.69, 9.17) is 15.2 Å². The van der Waals surface area contributed by atoms with Crippen molar-refractivity contribution in [2.24, 2.45) is 12.8 Å². The maximum Gasteiger partial charge on any atom is 0.338 e. The van der Waals surface area contributed by atoms with Gasteiger partial charge in [-0.2, -0.15) is 10.4 Å². The van der Waals surface area contributed by atoms with Crippen molar-refractivity contribution >= 4 is 5.97 Å². The molecule has 1 aliphatic rings. The van der Waals surface area contributed by atoms with Crippen LogP contribution in [0.2, 0.25) is 0 Å². The van der Waals surface area contributed by atoms with Gasteiger partial charge in [0.15, 0.2) is 0 Å². The molecule has 0 fully saturated rings. The largest absolute Gasteiger partial charge is 0.463 e. The van der Waals surface area contributed by atoms with Crippen molar-refractivity contribution < 1.29 is 14.3 Å². The average molecular weight is 288 g/mol. The van der Waals surface area contributed by atoms with E-state index in [9.17, 15) is 10.1 Å². The Hall–Kier alpha value is -2.75. The third-order valence-electron chi connectivity index (χ3n) is 3.16. The summed E-state index contributed by atoms with van der Waals surface area (Å²) in [6.45, 7) is 3.57. The highest BCUT2D eigenvalue weighted by Gasteiger charge is 2.36. The fraction of sp³-hybridized carbons (Fsp3) is 0.357. The van der Waals surface area contributed by atoms with Crippen LogP contribution < -0.4 is 5.73 Å². The van der Waals surface area contributed by atoms with Crippen LogP contribution in [0.3, 0.4) is 0 Å². The van der Waals surface area contributed by atoms with E-state index < -0.39 is 11.9 Å². The molecule has 0 amide bonds. The van der Waals surface area contributed by atoms with Crippen molar-refractivity contribution in [3.8, 4) is 6.07 Å². The van der Waals surface area contributed by atoms with Gasteiger partial charge in [-0.25, -0.2) is 4.79 Å². The van der Waals surface area contributed by atoms with E-state index in [1.54, 1.807) is 38.0 Å². The number of nitrogens with zero attached hydrogens (tertiary/aromatic N) is 3. The third kappa shape index (κ3) is 2.60. The molecule has 0 aliphatic carbocycles. The quantitative estimate of drug-likeness (QED) is 0.834. The number of esters is 1. The molecule has 2 heterocycles. The van der Waals surface area contributed by atoms with Crippen LogP contribution in [-0.4, -0.2) is 22.4 Å². The lowest BCUT2D eigenvalue weighted by atomic mass is 9.84. The fourth-order valence-corrected chi connectivity index (χ4v) is 2.28. The number of hydrogen-bond acceptors (Lipinski definition) is 6. The highest BCUT2D eigenvalue weighted by Crippen LogP contribution is 2.39. The minimum absolute atomic E-state index is 0.00287. The Balaban J connectivity index is 2.57. The Morgan fingerprint density at radius 2 is 2.38 bits per heavy atom. The first kappa shape index (κ1) is 14.7. The van der Waals surface area contributed by atoms with Crippen LogP contribution in [0.25, 0.3) is 0 Å². The zero-order valence-corrected chi connectivity index (χ0v) is 12.1. The summed E-state index contributed by atoms with van der Waals surface area (Å²) in [5, 5.41) is 13.4. The lowest BCUT2D eigenvalue weighted by Gasteiger charge is -2.25. The van der Waals surface area contributed by atoms with Crippen molar-refractivity contribution in [3.63, 3.8) is 0 Å². The Bertz CT molecular complexity index is 679. The molecule has 7 heteroatoms. The van der Waals surface area contributed by atoms with Crippen LogP contribution in [0.1, 0.15) is 25.3 Å². The molecule has 0 saturated carbocycles. The van der Waals surface area contributed by atoms with Crippen LogP contribution in [0, 0.1) is 11.3 Å². The second-order valence-electron chi connectivity index (χ2n) is 4.56. The predicted molar refractivity (Wildman–Crippen MR) is 73.2 cm³/mol. The zero-order valence-electron chi connectivity index (χ0n) is 12.1. The van der Waals surface area contributed by atoms with E-state index in [2.05, 4.69) is 5.10 Å².